The number of hydrogen-bond acceptors (Lipinski definition) is 6. The van der Waals surface area contributed by atoms with Crippen LogP contribution in [0.15, 0.2) is 5.38 Å². The van der Waals surface area contributed by atoms with E-state index >= 15 is 0 Å². The number of anilines is 1. The summed E-state index contributed by atoms with van der Waals surface area (Å²) >= 11 is 1.23. The molecule has 7 heteroatoms. The molecule has 1 heterocycles. The van der Waals surface area contributed by atoms with Gasteiger partial charge in [-0.15, -0.1) is 11.3 Å². The summed E-state index contributed by atoms with van der Waals surface area (Å²) in [6.45, 7) is 8.55. The summed E-state index contributed by atoms with van der Waals surface area (Å²) in [6.07, 6.45) is 4.39. The molecule has 23 heavy (non-hydrogen) atoms. The average Bonchev–Trinajstić information content (AvgIpc) is 2.98. The zero-order valence-corrected chi connectivity index (χ0v) is 15.1. The summed E-state index contributed by atoms with van der Waals surface area (Å²) in [5.41, 5.74) is 0.237. The van der Waals surface area contributed by atoms with Crippen molar-refractivity contribution in [2.24, 2.45) is 0 Å². The minimum absolute atomic E-state index is 0.0954. The van der Waals surface area contributed by atoms with Crippen LogP contribution in [0.2, 0.25) is 0 Å². The highest BCUT2D eigenvalue weighted by Gasteiger charge is 2.15. The summed E-state index contributed by atoms with van der Waals surface area (Å²) in [5.74, 6) is -0.557. The van der Waals surface area contributed by atoms with Gasteiger partial charge in [-0.2, -0.15) is 0 Å². The number of nitrogens with zero attached hydrogens (tertiary/aromatic N) is 2. The largest absolute Gasteiger partial charge is 0.461 e. The number of rotatable bonds is 11. The molecule has 0 aliphatic carbocycles. The van der Waals surface area contributed by atoms with E-state index in [4.69, 9.17) is 4.74 Å². The first-order chi connectivity index (χ1) is 11.1. The Bertz CT molecular complexity index is 483. The van der Waals surface area contributed by atoms with Crippen LogP contribution in [0.3, 0.4) is 0 Å². The van der Waals surface area contributed by atoms with Gasteiger partial charge in [-0.3, -0.25) is 9.69 Å². The SMILES string of the molecule is CCCCN(CCCC)CC(=O)Nc1nc(C(=O)OCC)cs1. The van der Waals surface area contributed by atoms with E-state index in [1.807, 2.05) is 0 Å². The van der Waals surface area contributed by atoms with Gasteiger partial charge in [-0.05, 0) is 32.9 Å². The molecular formula is C16H27N3O3S. The molecule has 1 N–H and O–H groups in total. The number of unbranched alkanes of at least 4 members (excludes halogenated alkanes) is 2. The summed E-state index contributed by atoms with van der Waals surface area (Å²) in [4.78, 5) is 30.0. The van der Waals surface area contributed by atoms with Crippen molar-refractivity contribution in [3.05, 3.63) is 11.1 Å². The molecule has 6 nitrogen and oxygen atoms in total. The van der Waals surface area contributed by atoms with Gasteiger partial charge >= 0.3 is 5.97 Å². The highest BCUT2D eigenvalue weighted by molar-refractivity contribution is 7.14. The van der Waals surface area contributed by atoms with Gasteiger partial charge in [-0.1, -0.05) is 26.7 Å². The molecule has 1 amide bonds. The fraction of sp³-hybridized carbons (Fsp3) is 0.688. The van der Waals surface area contributed by atoms with Crippen molar-refractivity contribution in [2.45, 2.75) is 46.5 Å². The third-order valence-electron chi connectivity index (χ3n) is 3.26. The van der Waals surface area contributed by atoms with Crippen LogP contribution < -0.4 is 5.32 Å². The maximum atomic E-state index is 12.2. The highest BCUT2D eigenvalue weighted by Crippen LogP contribution is 2.16. The number of esters is 1. The molecule has 130 valence electrons. The molecular weight excluding hydrogens is 314 g/mol. The van der Waals surface area contributed by atoms with Crippen LogP contribution in [0.1, 0.15) is 56.9 Å². The van der Waals surface area contributed by atoms with E-state index in [0.29, 0.717) is 18.3 Å². The van der Waals surface area contributed by atoms with E-state index in [2.05, 4.69) is 29.0 Å². The molecule has 0 aromatic carbocycles. The summed E-state index contributed by atoms with van der Waals surface area (Å²) < 4.78 is 4.88. The zero-order chi connectivity index (χ0) is 17.1. The lowest BCUT2D eigenvalue weighted by Gasteiger charge is -2.20. The Labute approximate surface area is 142 Å². The number of amides is 1. The minimum Gasteiger partial charge on any atom is -0.461 e. The Morgan fingerprint density at radius 2 is 1.87 bits per heavy atom. The number of hydrogen-bond donors (Lipinski definition) is 1. The van der Waals surface area contributed by atoms with Crippen LogP contribution in [-0.4, -0.2) is 48.0 Å². The highest BCUT2D eigenvalue weighted by atomic mass is 32.1. The maximum Gasteiger partial charge on any atom is 0.357 e. The van der Waals surface area contributed by atoms with Crippen LogP contribution in [0.25, 0.3) is 0 Å². The smallest absolute Gasteiger partial charge is 0.357 e. The molecule has 1 aromatic rings. The van der Waals surface area contributed by atoms with E-state index in [9.17, 15) is 9.59 Å². The lowest BCUT2D eigenvalue weighted by molar-refractivity contribution is -0.117. The maximum absolute atomic E-state index is 12.2. The number of ether oxygens (including phenoxy) is 1. The van der Waals surface area contributed by atoms with Gasteiger partial charge in [0, 0.05) is 5.38 Å². The van der Waals surface area contributed by atoms with Gasteiger partial charge in [-0.25, -0.2) is 9.78 Å². The van der Waals surface area contributed by atoms with Crippen molar-refractivity contribution in [1.82, 2.24) is 9.88 Å². The number of aromatic nitrogens is 1. The van der Waals surface area contributed by atoms with Crippen LogP contribution in [0, 0.1) is 0 Å². The Hall–Kier alpha value is -1.47. The average molecular weight is 341 g/mol. The lowest BCUT2D eigenvalue weighted by atomic mass is 10.2. The van der Waals surface area contributed by atoms with E-state index in [0.717, 1.165) is 38.8 Å². The molecule has 0 radical (unpaired) electrons. The fourth-order valence-corrected chi connectivity index (χ4v) is 2.72. The normalized spacial score (nSPS) is 10.8. The predicted molar refractivity (Wildman–Crippen MR) is 93.0 cm³/mol. The number of carbonyl (C=O) groups is 2. The number of thiazole rings is 1. The zero-order valence-electron chi connectivity index (χ0n) is 14.3. The van der Waals surface area contributed by atoms with Gasteiger partial charge in [0.05, 0.1) is 13.2 Å². The quantitative estimate of drug-likeness (QED) is 0.626. The van der Waals surface area contributed by atoms with E-state index < -0.39 is 5.97 Å². The van der Waals surface area contributed by atoms with Crippen molar-refractivity contribution >= 4 is 28.3 Å². The number of carbonyl (C=O) groups excluding carboxylic acids is 2. The molecule has 0 bridgehead atoms. The van der Waals surface area contributed by atoms with Gasteiger partial charge in [0.1, 0.15) is 0 Å². The third kappa shape index (κ3) is 7.56. The van der Waals surface area contributed by atoms with Crippen LogP contribution in [0.4, 0.5) is 5.13 Å². The Kier molecular flexibility index (Phi) is 9.47. The van der Waals surface area contributed by atoms with Gasteiger partial charge < -0.3 is 10.1 Å². The van der Waals surface area contributed by atoms with Crippen LogP contribution in [0.5, 0.6) is 0 Å². The molecule has 0 saturated carbocycles. The lowest BCUT2D eigenvalue weighted by Crippen LogP contribution is -2.34. The van der Waals surface area contributed by atoms with E-state index in [1.165, 1.54) is 11.3 Å². The van der Waals surface area contributed by atoms with E-state index in [-0.39, 0.29) is 11.6 Å². The van der Waals surface area contributed by atoms with Gasteiger partial charge in [0.2, 0.25) is 5.91 Å². The van der Waals surface area contributed by atoms with Crippen molar-refractivity contribution < 1.29 is 14.3 Å². The third-order valence-corrected chi connectivity index (χ3v) is 4.02. The molecule has 0 aliphatic heterocycles. The van der Waals surface area contributed by atoms with Crippen LogP contribution in [-0.2, 0) is 9.53 Å². The van der Waals surface area contributed by atoms with Crippen LogP contribution >= 0.6 is 11.3 Å². The molecule has 1 aromatic heterocycles. The second kappa shape index (κ2) is 11.1. The molecule has 0 unspecified atom stereocenters. The molecule has 0 saturated heterocycles. The van der Waals surface area contributed by atoms with Crippen molar-refractivity contribution in [3.63, 3.8) is 0 Å². The molecule has 1 rings (SSSR count). The fourth-order valence-electron chi connectivity index (χ4n) is 2.03. The first-order valence-corrected chi connectivity index (χ1v) is 9.13. The first kappa shape index (κ1) is 19.6. The minimum atomic E-state index is -0.461. The summed E-state index contributed by atoms with van der Waals surface area (Å²) in [7, 11) is 0. The molecule has 0 atom stereocenters. The summed E-state index contributed by atoms with van der Waals surface area (Å²) in [6, 6.07) is 0. The Morgan fingerprint density at radius 3 is 2.43 bits per heavy atom. The predicted octanol–water partition coefficient (Wildman–Crippen LogP) is 3.16. The molecule has 0 aliphatic rings. The molecule has 0 spiro atoms. The van der Waals surface area contributed by atoms with Crippen molar-refractivity contribution in [3.8, 4) is 0 Å². The monoisotopic (exact) mass is 341 g/mol. The number of nitrogens with one attached hydrogen (secondary N) is 1. The Balaban J connectivity index is 2.51. The first-order valence-electron chi connectivity index (χ1n) is 8.25. The van der Waals surface area contributed by atoms with E-state index in [1.54, 1.807) is 12.3 Å². The second-order valence-electron chi connectivity index (χ2n) is 5.29. The van der Waals surface area contributed by atoms with Gasteiger partial charge in [0.25, 0.3) is 0 Å². The topological polar surface area (TPSA) is 71.5 Å². The van der Waals surface area contributed by atoms with Crippen molar-refractivity contribution in [1.29, 1.82) is 0 Å². The van der Waals surface area contributed by atoms with Crippen molar-refractivity contribution in [2.75, 3.05) is 31.6 Å². The Morgan fingerprint density at radius 1 is 1.22 bits per heavy atom. The summed E-state index contributed by atoms with van der Waals surface area (Å²) in [5, 5.41) is 4.79. The molecule has 0 fully saturated rings. The van der Waals surface area contributed by atoms with Gasteiger partial charge in [0.15, 0.2) is 10.8 Å². The second-order valence-corrected chi connectivity index (χ2v) is 6.15. The standard InChI is InChI=1S/C16H27N3O3S/c1-4-7-9-19(10-8-5-2)11-14(20)18-16-17-13(12-23-16)15(21)22-6-3/h12H,4-11H2,1-3H3,(H,17,18,20).